The Labute approximate surface area is 148 Å². The van der Waals surface area contributed by atoms with E-state index in [2.05, 4.69) is 5.32 Å². The molecule has 0 aromatic heterocycles. The van der Waals surface area contributed by atoms with Crippen molar-refractivity contribution in [1.82, 2.24) is 10.2 Å². The van der Waals surface area contributed by atoms with Gasteiger partial charge in [-0.1, -0.05) is 19.1 Å². The highest BCUT2D eigenvalue weighted by molar-refractivity contribution is 5.96. The van der Waals surface area contributed by atoms with Gasteiger partial charge in [-0.2, -0.15) is 0 Å². The van der Waals surface area contributed by atoms with Gasteiger partial charge < -0.3 is 20.1 Å². The highest BCUT2D eigenvalue weighted by atomic mass is 16.5. The number of carbonyl (C=O) groups excluding carboxylic acids is 2. The van der Waals surface area contributed by atoms with Gasteiger partial charge in [0.15, 0.2) is 0 Å². The van der Waals surface area contributed by atoms with Gasteiger partial charge in [-0.05, 0) is 25.5 Å². The lowest BCUT2D eigenvalue weighted by Crippen LogP contribution is -2.34. The number of carboxylic acid groups (broad SMARTS) is 1. The van der Waals surface area contributed by atoms with Gasteiger partial charge in [-0.3, -0.25) is 14.4 Å². The molecule has 1 atom stereocenters. The molecule has 2 N–H and O–H groups in total. The summed E-state index contributed by atoms with van der Waals surface area (Å²) in [6.45, 7) is 4.40. The summed E-state index contributed by atoms with van der Waals surface area (Å²) in [4.78, 5) is 36.4. The third-order valence-corrected chi connectivity index (χ3v) is 3.68. The number of nitrogens with one attached hydrogen (secondary N) is 1. The van der Waals surface area contributed by atoms with Crippen molar-refractivity contribution in [2.75, 3.05) is 26.7 Å². The minimum atomic E-state index is -0.931. The standard InChI is InChI=1S/C18H26N2O5/c1-4-25-15-9-6-5-8-14(15)17(22)19-11-7-10-16(21)20(3)12-13(2)18(23)24/h5-6,8-9,13H,4,7,10-12H2,1-3H3,(H,19,22)(H,23,24). The van der Waals surface area contributed by atoms with Gasteiger partial charge in [0.05, 0.1) is 18.1 Å². The number of nitrogens with zero attached hydrogens (tertiary/aromatic N) is 1. The fraction of sp³-hybridized carbons (Fsp3) is 0.500. The number of para-hydroxylation sites is 1. The number of benzene rings is 1. The first kappa shape index (κ1) is 20.5. The molecule has 25 heavy (non-hydrogen) atoms. The first-order valence-corrected chi connectivity index (χ1v) is 8.33. The second-order valence-corrected chi connectivity index (χ2v) is 5.80. The molecule has 2 amide bonds. The van der Waals surface area contributed by atoms with E-state index in [1.165, 1.54) is 4.90 Å². The number of amides is 2. The van der Waals surface area contributed by atoms with Crippen molar-refractivity contribution >= 4 is 17.8 Å². The Hall–Kier alpha value is -2.57. The first-order chi connectivity index (χ1) is 11.9. The maximum atomic E-state index is 12.2. The molecule has 0 fully saturated rings. The number of rotatable bonds is 10. The smallest absolute Gasteiger partial charge is 0.308 e. The normalized spacial score (nSPS) is 11.5. The topological polar surface area (TPSA) is 95.9 Å². The van der Waals surface area contributed by atoms with Crippen molar-refractivity contribution < 1.29 is 24.2 Å². The van der Waals surface area contributed by atoms with E-state index >= 15 is 0 Å². The van der Waals surface area contributed by atoms with Gasteiger partial charge in [-0.15, -0.1) is 0 Å². The first-order valence-electron chi connectivity index (χ1n) is 8.33. The molecule has 0 aliphatic heterocycles. The zero-order chi connectivity index (χ0) is 18.8. The van der Waals surface area contributed by atoms with Crippen molar-refractivity contribution in [2.24, 2.45) is 5.92 Å². The van der Waals surface area contributed by atoms with E-state index in [1.807, 2.05) is 6.92 Å². The molecule has 1 rings (SSSR count). The van der Waals surface area contributed by atoms with Crippen molar-refractivity contribution in [3.8, 4) is 5.75 Å². The number of hydrogen-bond acceptors (Lipinski definition) is 4. The highest BCUT2D eigenvalue weighted by Gasteiger charge is 2.17. The zero-order valence-corrected chi connectivity index (χ0v) is 14.9. The van der Waals surface area contributed by atoms with Crippen molar-refractivity contribution in [3.05, 3.63) is 29.8 Å². The SMILES string of the molecule is CCOc1ccccc1C(=O)NCCCC(=O)N(C)CC(C)C(=O)O. The average molecular weight is 350 g/mol. The van der Waals surface area contributed by atoms with Crippen LogP contribution in [0.3, 0.4) is 0 Å². The van der Waals surface area contributed by atoms with E-state index in [-0.39, 0.29) is 24.8 Å². The Morgan fingerprint density at radius 2 is 1.96 bits per heavy atom. The van der Waals surface area contributed by atoms with Crippen molar-refractivity contribution in [3.63, 3.8) is 0 Å². The lowest BCUT2D eigenvalue weighted by Gasteiger charge is -2.19. The lowest BCUT2D eigenvalue weighted by atomic mass is 10.1. The number of hydrogen-bond donors (Lipinski definition) is 2. The summed E-state index contributed by atoms with van der Waals surface area (Å²) >= 11 is 0. The van der Waals surface area contributed by atoms with Gasteiger partial charge in [0.2, 0.25) is 5.91 Å². The molecule has 0 aliphatic carbocycles. The molecule has 0 saturated carbocycles. The summed E-state index contributed by atoms with van der Waals surface area (Å²) in [5, 5.41) is 11.6. The summed E-state index contributed by atoms with van der Waals surface area (Å²) in [7, 11) is 1.58. The molecule has 7 nitrogen and oxygen atoms in total. The van der Waals surface area contributed by atoms with Gasteiger partial charge in [0.25, 0.3) is 5.91 Å². The maximum Gasteiger partial charge on any atom is 0.308 e. The molecular formula is C18H26N2O5. The molecule has 0 spiro atoms. The fourth-order valence-electron chi connectivity index (χ4n) is 2.25. The highest BCUT2D eigenvalue weighted by Crippen LogP contribution is 2.17. The summed E-state index contributed by atoms with van der Waals surface area (Å²) in [6.07, 6.45) is 0.726. The molecule has 0 radical (unpaired) electrons. The van der Waals surface area contributed by atoms with E-state index in [4.69, 9.17) is 9.84 Å². The van der Waals surface area contributed by atoms with Crippen LogP contribution >= 0.6 is 0 Å². The second-order valence-electron chi connectivity index (χ2n) is 5.80. The minimum absolute atomic E-state index is 0.142. The van der Waals surface area contributed by atoms with Gasteiger partial charge >= 0.3 is 5.97 Å². The van der Waals surface area contributed by atoms with E-state index < -0.39 is 11.9 Å². The molecule has 0 aliphatic rings. The van der Waals surface area contributed by atoms with Gasteiger partial charge in [-0.25, -0.2) is 0 Å². The summed E-state index contributed by atoms with van der Waals surface area (Å²) in [6, 6.07) is 6.99. The minimum Gasteiger partial charge on any atom is -0.493 e. The van der Waals surface area contributed by atoms with E-state index in [0.29, 0.717) is 30.9 Å². The predicted octanol–water partition coefficient (Wildman–Crippen LogP) is 1.77. The van der Waals surface area contributed by atoms with Crippen molar-refractivity contribution in [2.45, 2.75) is 26.7 Å². The predicted molar refractivity (Wildman–Crippen MR) is 93.6 cm³/mol. The molecule has 0 saturated heterocycles. The molecule has 1 unspecified atom stereocenters. The van der Waals surface area contributed by atoms with Gasteiger partial charge in [0.1, 0.15) is 5.75 Å². The number of carbonyl (C=O) groups is 3. The van der Waals surface area contributed by atoms with Crippen LogP contribution in [-0.4, -0.2) is 54.5 Å². The largest absolute Gasteiger partial charge is 0.493 e. The van der Waals surface area contributed by atoms with E-state index in [1.54, 1.807) is 38.2 Å². The van der Waals surface area contributed by atoms with Crippen LogP contribution in [0.5, 0.6) is 5.75 Å². The number of ether oxygens (including phenoxy) is 1. The Morgan fingerprint density at radius 1 is 1.28 bits per heavy atom. The third-order valence-electron chi connectivity index (χ3n) is 3.68. The van der Waals surface area contributed by atoms with Crippen LogP contribution in [0.4, 0.5) is 0 Å². The monoisotopic (exact) mass is 350 g/mol. The number of aliphatic carboxylic acids is 1. The molecule has 138 valence electrons. The molecule has 0 bridgehead atoms. The van der Waals surface area contributed by atoms with E-state index in [9.17, 15) is 14.4 Å². The quantitative estimate of drug-likeness (QED) is 0.627. The van der Waals surface area contributed by atoms with Crippen LogP contribution in [0.25, 0.3) is 0 Å². The lowest BCUT2D eigenvalue weighted by molar-refractivity contribution is -0.142. The molecule has 7 heteroatoms. The molecule has 1 aromatic carbocycles. The maximum absolute atomic E-state index is 12.2. The molecular weight excluding hydrogens is 324 g/mol. The van der Waals surface area contributed by atoms with Crippen LogP contribution in [0, 0.1) is 5.92 Å². The van der Waals surface area contributed by atoms with Crippen molar-refractivity contribution in [1.29, 1.82) is 0 Å². The Bertz CT molecular complexity index is 603. The second kappa shape index (κ2) is 10.3. The Morgan fingerprint density at radius 3 is 2.60 bits per heavy atom. The summed E-state index contributed by atoms with van der Waals surface area (Å²) < 4.78 is 5.42. The Kier molecular flexibility index (Phi) is 8.46. The third kappa shape index (κ3) is 6.82. The van der Waals surface area contributed by atoms with Crippen LogP contribution in [0.2, 0.25) is 0 Å². The summed E-state index contributed by atoms with van der Waals surface area (Å²) in [5.74, 6) is -1.40. The fourth-order valence-corrected chi connectivity index (χ4v) is 2.25. The average Bonchev–Trinajstić information content (AvgIpc) is 2.58. The van der Waals surface area contributed by atoms with Crippen LogP contribution < -0.4 is 10.1 Å². The van der Waals surface area contributed by atoms with Crippen LogP contribution in [-0.2, 0) is 9.59 Å². The molecule has 1 aromatic rings. The van der Waals surface area contributed by atoms with Gasteiger partial charge in [0, 0.05) is 26.6 Å². The van der Waals surface area contributed by atoms with Crippen LogP contribution in [0.15, 0.2) is 24.3 Å². The number of carboxylic acids is 1. The summed E-state index contributed by atoms with van der Waals surface area (Å²) in [5.41, 5.74) is 0.461. The zero-order valence-electron chi connectivity index (χ0n) is 14.9. The Balaban J connectivity index is 2.39. The molecule has 0 heterocycles. The van der Waals surface area contributed by atoms with E-state index in [0.717, 1.165) is 0 Å². The van der Waals surface area contributed by atoms with Crippen LogP contribution in [0.1, 0.15) is 37.0 Å².